The number of likely N-dealkylation sites (N-methyl/N-ethyl adjacent to an activating group) is 2. The van der Waals surface area contributed by atoms with Crippen LogP contribution < -0.4 is 5.32 Å². The van der Waals surface area contributed by atoms with Gasteiger partial charge in [0.25, 0.3) is 0 Å². The van der Waals surface area contributed by atoms with Crippen LogP contribution in [-0.4, -0.2) is 39.3 Å². The molecular formula is C9H18N2O. The van der Waals surface area contributed by atoms with Crippen LogP contribution in [0.2, 0.25) is 0 Å². The molecule has 0 saturated carbocycles. The van der Waals surface area contributed by atoms with Gasteiger partial charge in [-0.1, -0.05) is 12.7 Å². The quantitative estimate of drug-likeness (QED) is 0.375. The van der Waals surface area contributed by atoms with Gasteiger partial charge in [0.15, 0.2) is 0 Å². The predicted octanol–water partition coefficient (Wildman–Crippen LogP) is 0.810. The fraction of sp³-hybridized carbons (Fsp3) is 0.556. The van der Waals surface area contributed by atoms with Crippen molar-refractivity contribution in [3.05, 3.63) is 24.5 Å². The van der Waals surface area contributed by atoms with Gasteiger partial charge in [0, 0.05) is 0 Å². The Morgan fingerprint density at radius 2 is 2.17 bits per heavy atom. The summed E-state index contributed by atoms with van der Waals surface area (Å²) in [4.78, 5) is 2.03. The smallest absolute Gasteiger partial charge is 0.127 e. The van der Waals surface area contributed by atoms with Crippen molar-refractivity contribution < 1.29 is 4.74 Å². The number of nitrogens with one attached hydrogen (secondary N) is 1. The summed E-state index contributed by atoms with van der Waals surface area (Å²) in [5.41, 5.74) is 0. The molecule has 70 valence electrons. The van der Waals surface area contributed by atoms with Crippen LogP contribution in [-0.2, 0) is 4.74 Å². The summed E-state index contributed by atoms with van der Waals surface area (Å²) in [5, 5.41) is 3.12. The van der Waals surface area contributed by atoms with Crippen molar-refractivity contribution in [2.24, 2.45) is 0 Å². The Kier molecular flexibility index (Phi) is 5.41. The molecule has 1 unspecified atom stereocenters. The molecule has 1 N–H and O–H groups in total. The minimum absolute atomic E-state index is 0.105. The molecule has 0 rings (SSSR count). The Hall–Kier alpha value is -0.800. The Morgan fingerprint density at radius 3 is 2.42 bits per heavy atom. The van der Waals surface area contributed by atoms with E-state index in [9.17, 15) is 0 Å². The number of hydrogen-bond acceptors (Lipinski definition) is 3. The maximum absolute atomic E-state index is 5.19. The summed E-state index contributed by atoms with van der Waals surface area (Å²) in [7, 11) is 7.51. The summed E-state index contributed by atoms with van der Waals surface area (Å²) in [6.07, 6.45) is 3.67. The van der Waals surface area contributed by atoms with Crippen molar-refractivity contribution in [1.82, 2.24) is 10.2 Å². The number of ether oxygens (including phenoxy) is 1. The Balaban J connectivity index is 4.43. The average Bonchev–Trinajstić information content (AvgIpc) is 2.03. The van der Waals surface area contributed by atoms with Crippen molar-refractivity contribution in [3.63, 3.8) is 0 Å². The second-order valence-corrected chi connectivity index (χ2v) is 2.66. The number of methoxy groups -OCH3 is 1. The minimum Gasteiger partial charge on any atom is -0.498 e. The normalized spacial score (nSPS) is 14.6. The topological polar surface area (TPSA) is 24.5 Å². The molecule has 1 atom stereocenters. The van der Waals surface area contributed by atoms with E-state index in [2.05, 4.69) is 11.9 Å². The van der Waals surface area contributed by atoms with E-state index in [1.807, 2.05) is 32.1 Å². The van der Waals surface area contributed by atoms with Gasteiger partial charge in [-0.15, -0.1) is 0 Å². The van der Waals surface area contributed by atoms with Crippen LogP contribution in [0, 0.1) is 0 Å². The molecule has 0 amide bonds. The molecule has 0 aromatic heterocycles. The molecule has 0 aliphatic rings. The Morgan fingerprint density at radius 1 is 1.58 bits per heavy atom. The van der Waals surface area contributed by atoms with Gasteiger partial charge in [0.1, 0.15) is 11.9 Å². The van der Waals surface area contributed by atoms with E-state index < -0.39 is 0 Å². The highest BCUT2D eigenvalue weighted by Gasteiger charge is 2.13. The fourth-order valence-corrected chi connectivity index (χ4v) is 1.04. The highest BCUT2D eigenvalue weighted by molar-refractivity contribution is 5.09. The van der Waals surface area contributed by atoms with E-state index in [0.29, 0.717) is 0 Å². The third-order valence-corrected chi connectivity index (χ3v) is 1.58. The van der Waals surface area contributed by atoms with Crippen LogP contribution in [0.3, 0.4) is 0 Å². The van der Waals surface area contributed by atoms with E-state index in [4.69, 9.17) is 4.74 Å². The van der Waals surface area contributed by atoms with Gasteiger partial charge < -0.3 is 4.74 Å². The van der Waals surface area contributed by atoms with Gasteiger partial charge in [-0.05, 0) is 27.2 Å². The molecule has 0 bridgehead atoms. The Labute approximate surface area is 74.7 Å². The van der Waals surface area contributed by atoms with Crippen molar-refractivity contribution in [2.75, 3.05) is 28.3 Å². The van der Waals surface area contributed by atoms with Gasteiger partial charge in [-0.25, -0.2) is 0 Å². The Bertz CT molecular complexity index is 164. The van der Waals surface area contributed by atoms with E-state index in [-0.39, 0.29) is 6.17 Å². The molecule has 0 fully saturated rings. The standard InChI is InChI=1S/C9H18N2O/c1-6-7-8(12-5)9(10-2)11(3)4/h6-7,9-10H,1H2,2-5H3/b8-7+. The average molecular weight is 170 g/mol. The summed E-state index contributed by atoms with van der Waals surface area (Å²) >= 11 is 0. The molecule has 0 aliphatic heterocycles. The summed E-state index contributed by atoms with van der Waals surface area (Å²) < 4.78 is 5.19. The highest BCUT2D eigenvalue weighted by atomic mass is 16.5. The van der Waals surface area contributed by atoms with E-state index in [1.54, 1.807) is 13.2 Å². The van der Waals surface area contributed by atoms with Crippen LogP contribution >= 0.6 is 0 Å². The minimum atomic E-state index is 0.105. The number of nitrogens with zero attached hydrogens (tertiary/aromatic N) is 1. The lowest BCUT2D eigenvalue weighted by atomic mass is 10.3. The van der Waals surface area contributed by atoms with Crippen LogP contribution in [0.25, 0.3) is 0 Å². The third-order valence-electron chi connectivity index (χ3n) is 1.58. The summed E-state index contributed by atoms with van der Waals surface area (Å²) in [6, 6.07) is 0. The molecule has 0 aromatic rings. The van der Waals surface area contributed by atoms with Crippen molar-refractivity contribution in [1.29, 1.82) is 0 Å². The molecule has 0 heterocycles. The van der Waals surface area contributed by atoms with E-state index >= 15 is 0 Å². The van der Waals surface area contributed by atoms with Gasteiger partial charge in [0.05, 0.1) is 7.11 Å². The second kappa shape index (κ2) is 5.80. The zero-order chi connectivity index (χ0) is 9.56. The molecule has 0 saturated heterocycles. The maximum atomic E-state index is 5.19. The number of allylic oxidation sites excluding steroid dienone is 2. The SMILES string of the molecule is C=C/C=C(/OC)C(NC)N(C)C. The summed E-state index contributed by atoms with van der Waals surface area (Å²) in [5.74, 6) is 0.859. The molecule has 12 heavy (non-hydrogen) atoms. The first-order valence-electron chi connectivity index (χ1n) is 3.87. The van der Waals surface area contributed by atoms with Gasteiger partial charge in [0.2, 0.25) is 0 Å². The highest BCUT2D eigenvalue weighted by Crippen LogP contribution is 2.04. The lowest BCUT2D eigenvalue weighted by Crippen LogP contribution is -2.41. The molecule has 0 spiro atoms. The monoisotopic (exact) mass is 170 g/mol. The zero-order valence-corrected chi connectivity index (χ0v) is 8.29. The predicted molar refractivity (Wildman–Crippen MR) is 51.8 cm³/mol. The molecule has 3 heteroatoms. The van der Waals surface area contributed by atoms with E-state index in [1.165, 1.54) is 0 Å². The van der Waals surface area contributed by atoms with Crippen LogP contribution in [0.15, 0.2) is 24.5 Å². The second-order valence-electron chi connectivity index (χ2n) is 2.66. The van der Waals surface area contributed by atoms with Gasteiger partial charge in [-0.2, -0.15) is 0 Å². The summed E-state index contributed by atoms with van der Waals surface area (Å²) in [6.45, 7) is 3.62. The van der Waals surface area contributed by atoms with Crippen molar-refractivity contribution >= 4 is 0 Å². The first-order valence-corrected chi connectivity index (χ1v) is 3.87. The van der Waals surface area contributed by atoms with Crippen molar-refractivity contribution in [2.45, 2.75) is 6.17 Å². The maximum Gasteiger partial charge on any atom is 0.127 e. The first kappa shape index (κ1) is 11.2. The van der Waals surface area contributed by atoms with Crippen LogP contribution in [0.1, 0.15) is 0 Å². The number of rotatable bonds is 5. The molecule has 3 nitrogen and oxygen atoms in total. The lowest BCUT2D eigenvalue weighted by molar-refractivity contribution is 0.178. The van der Waals surface area contributed by atoms with Gasteiger partial charge in [-0.3, -0.25) is 10.2 Å². The molecule has 0 aliphatic carbocycles. The van der Waals surface area contributed by atoms with Crippen LogP contribution in [0.4, 0.5) is 0 Å². The molecule has 0 aromatic carbocycles. The lowest BCUT2D eigenvalue weighted by Gasteiger charge is -2.24. The fourth-order valence-electron chi connectivity index (χ4n) is 1.04. The largest absolute Gasteiger partial charge is 0.498 e. The first-order chi connectivity index (χ1) is 5.67. The van der Waals surface area contributed by atoms with Crippen molar-refractivity contribution in [3.8, 4) is 0 Å². The zero-order valence-electron chi connectivity index (χ0n) is 8.29. The van der Waals surface area contributed by atoms with Gasteiger partial charge >= 0.3 is 0 Å². The van der Waals surface area contributed by atoms with E-state index in [0.717, 1.165) is 5.76 Å². The third kappa shape index (κ3) is 3.07. The number of hydrogen-bond donors (Lipinski definition) is 1. The molecular weight excluding hydrogens is 152 g/mol. The van der Waals surface area contributed by atoms with Crippen LogP contribution in [0.5, 0.6) is 0 Å². The molecule has 0 radical (unpaired) electrons.